The number of carbonyl (C=O) groups excluding carboxylic acids is 1. The first-order valence-electron chi connectivity index (χ1n) is 7.70. The Bertz CT molecular complexity index is 981. The maximum Gasteiger partial charge on any atom is 0.270 e. The van der Waals surface area contributed by atoms with Crippen molar-refractivity contribution in [1.82, 2.24) is 0 Å². The molecule has 1 aliphatic heterocycles. The lowest BCUT2D eigenvalue weighted by atomic mass is 10.1. The normalized spacial score (nSPS) is 15.7. The highest BCUT2D eigenvalue weighted by Crippen LogP contribution is 2.40. The van der Waals surface area contributed by atoms with Crippen LogP contribution in [0.2, 0.25) is 10.0 Å². The van der Waals surface area contributed by atoms with Gasteiger partial charge in [0.15, 0.2) is 15.8 Å². The van der Waals surface area contributed by atoms with Crippen LogP contribution in [0.5, 0.6) is 11.5 Å². The first-order chi connectivity index (χ1) is 12.8. The van der Waals surface area contributed by atoms with Gasteiger partial charge in [0.25, 0.3) is 5.91 Å². The minimum atomic E-state index is -0.259. The fraction of sp³-hybridized carbons (Fsp3) is 0.111. The predicted molar refractivity (Wildman–Crippen MR) is 119 cm³/mol. The van der Waals surface area contributed by atoms with Crippen LogP contribution in [0, 0.1) is 0 Å². The van der Waals surface area contributed by atoms with E-state index in [0.29, 0.717) is 32.1 Å². The van der Waals surface area contributed by atoms with E-state index >= 15 is 0 Å². The molecule has 0 aromatic heterocycles. The van der Waals surface area contributed by atoms with Crippen LogP contribution in [-0.2, 0) is 4.79 Å². The molecule has 1 saturated heterocycles. The molecule has 2 aromatic carbocycles. The number of carbonyl (C=O) groups is 1. The molecule has 0 unspecified atom stereocenters. The third kappa shape index (κ3) is 4.27. The van der Waals surface area contributed by atoms with Gasteiger partial charge in [-0.15, -0.1) is 0 Å². The first-order valence-corrected chi connectivity index (χ1v) is 10.5. The van der Waals surface area contributed by atoms with Gasteiger partial charge in [-0.05, 0) is 64.8 Å². The standard InChI is InChI=1S/C18H12BrCl2NO3S2/c1-2-25-14-6-9(5-13(21)16(14)23)7-15-17(24)22(18(26)27-15)10-3-4-11(19)12(20)8-10/h3-8,23H,2H2,1H3/b15-7-. The van der Waals surface area contributed by atoms with Crippen molar-refractivity contribution in [2.45, 2.75) is 6.92 Å². The number of phenolic OH excluding ortho intramolecular Hbond substituents is 1. The number of phenols is 1. The lowest BCUT2D eigenvalue weighted by Crippen LogP contribution is -2.27. The summed E-state index contributed by atoms with van der Waals surface area (Å²) in [4.78, 5) is 14.7. The molecular formula is C18H12BrCl2NO3S2. The van der Waals surface area contributed by atoms with Gasteiger partial charge in [-0.1, -0.05) is 47.2 Å². The number of hydrogen-bond acceptors (Lipinski definition) is 5. The average Bonchev–Trinajstić information content (AvgIpc) is 2.89. The van der Waals surface area contributed by atoms with Crippen LogP contribution in [0.1, 0.15) is 12.5 Å². The molecule has 1 aliphatic rings. The van der Waals surface area contributed by atoms with E-state index in [1.165, 1.54) is 16.7 Å². The molecule has 0 saturated carbocycles. The van der Waals surface area contributed by atoms with Gasteiger partial charge in [-0.25, -0.2) is 0 Å². The molecule has 9 heteroatoms. The minimum Gasteiger partial charge on any atom is -0.503 e. The number of nitrogens with zero attached hydrogens (tertiary/aromatic N) is 1. The molecule has 4 nitrogen and oxygen atoms in total. The molecular weight excluding hydrogens is 493 g/mol. The van der Waals surface area contributed by atoms with Crippen molar-refractivity contribution in [2.24, 2.45) is 0 Å². The van der Waals surface area contributed by atoms with E-state index in [1.54, 1.807) is 43.3 Å². The molecule has 0 aliphatic carbocycles. The summed E-state index contributed by atoms with van der Waals surface area (Å²) in [6.07, 6.45) is 1.66. The number of halogens is 3. The summed E-state index contributed by atoms with van der Waals surface area (Å²) in [5, 5.41) is 10.6. The number of aromatic hydroxyl groups is 1. The summed E-state index contributed by atoms with van der Waals surface area (Å²) in [5.74, 6) is -0.135. The highest BCUT2D eigenvalue weighted by atomic mass is 79.9. The number of hydrogen-bond donors (Lipinski definition) is 1. The Morgan fingerprint density at radius 3 is 2.70 bits per heavy atom. The highest BCUT2D eigenvalue weighted by Gasteiger charge is 2.33. The Labute approximate surface area is 184 Å². The minimum absolute atomic E-state index is 0.132. The lowest BCUT2D eigenvalue weighted by molar-refractivity contribution is -0.113. The summed E-state index contributed by atoms with van der Waals surface area (Å²) < 4.78 is 6.51. The van der Waals surface area contributed by atoms with Gasteiger partial charge in [0.2, 0.25) is 0 Å². The number of amides is 1. The third-order valence-corrected chi connectivity index (χ3v) is 6.43. The van der Waals surface area contributed by atoms with Crippen LogP contribution in [0.15, 0.2) is 39.7 Å². The van der Waals surface area contributed by atoms with Crippen LogP contribution in [0.4, 0.5) is 5.69 Å². The van der Waals surface area contributed by atoms with Crippen LogP contribution in [0.25, 0.3) is 6.08 Å². The van der Waals surface area contributed by atoms with Gasteiger partial charge in [0.05, 0.1) is 27.2 Å². The van der Waals surface area contributed by atoms with E-state index in [1.807, 2.05) is 0 Å². The smallest absolute Gasteiger partial charge is 0.270 e. The van der Waals surface area contributed by atoms with E-state index in [-0.39, 0.29) is 22.4 Å². The summed E-state index contributed by atoms with van der Waals surface area (Å²) in [6, 6.07) is 8.36. The Balaban J connectivity index is 1.96. The number of ether oxygens (including phenoxy) is 1. The van der Waals surface area contributed by atoms with Crippen molar-refractivity contribution >= 4 is 85.1 Å². The SMILES string of the molecule is CCOc1cc(/C=C2\SC(=S)N(c3ccc(Br)c(Cl)c3)C2=O)cc(Cl)c1O. The molecule has 1 heterocycles. The lowest BCUT2D eigenvalue weighted by Gasteiger charge is -2.15. The van der Waals surface area contributed by atoms with Gasteiger partial charge in [0, 0.05) is 4.47 Å². The predicted octanol–water partition coefficient (Wildman–Crippen LogP) is 6.27. The zero-order chi connectivity index (χ0) is 19.7. The molecule has 0 spiro atoms. The largest absolute Gasteiger partial charge is 0.503 e. The Morgan fingerprint density at radius 1 is 1.30 bits per heavy atom. The van der Waals surface area contributed by atoms with Crippen molar-refractivity contribution < 1.29 is 14.6 Å². The second-order valence-corrected chi connectivity index (χ2v) is 8.74. The second kappa shape index (κ2) is 8.41. The molecule has 1 amide bonds. The maximum absolute atomic E-state index is 12.9. The number of anilines is 1. The molecule has 140 valence electrons. The van der Waals surface area contributed by atoms with Gasteiger partial charge >= 0.3 is 0 Å². The number of thioether (sulfide) groups is 1. The van der Waals surface area contributed by atoms with Crippen LogP contribution in [-0.4, -0.2) is 21.9 Å². The van der Waals surface area contributed by atoms with Gasteiger partial charge in [-0.3, -0.25) is 9.69 Å². The summed E-state index contributed by atoms with van der Waals surface area (Å²) >= 11 is 22.1. The van der Waals surface area contributed by atoms with E-state index < -0.39 is 0 Å². The van der Waals surface area contributed by atoms with Crippen LogP contribution < -0.4 is 9.64 Å². The van der Waals surface area contributed by atoms with Crippen LogP contribution in [0.3, 0.4) is 0 Å². The quantitative estimate of drug-likeness (QED) is 0.393. The van der Waals surface area contributed by atoms with Gasteiger partial charge < -0.3 is 9.84 Å². The molecule has 0 atom stereocenters. The molecule has 2 aromatic rings. The van der Waals surface area contributed by atoms with Crippen LogP contribution >= 0.6 is 63.1 Å². The van der Waals surface area contributed by atoms with Crippen molar-refractivity contribution in [3.05, 3.63) is 55.3 Å². The third-order valence-electron chi connectivity index (χ3n) is 3.60. The number of rotatable bonds is 4. The van der Waals surface area contributed by atoms with Gasteiger partial charge in [0.1, 0.15) is 0 Å². The molecule has 3 rings (SSSR count). The average molecular weight is 505 g/mol. The number of thiocarbonyl (C=S) groups is 1. The topological polar surface area (TPSA) is 49.8 Å². The Kier molecular flexibility index (Phi) is 6.38. The van der Waals surface area contributed by atoms with Crippen molar-refractivity contribution in [3.8, 4) is 11.5 Å². The highest BCUT2D eigenvalue weighted by molar-refractivity contribution is 9.10. The second-order valence-electron chi connectivity index (χ2n) is 5.40. The van der Waals surface area contributed by atoms with Crippen molar-refractivity contribution in [1.29, 1.82) is 0 Å². The van der Waals surface area contributed by atoms with E-state index in [4.69, 9.17) is 40.2 Å². The first kappa shape index (κ1) is 20.5. The van der Waals surface area contributed by atoms with E-state index in [2.05, 4.69) is 15.9 Å². The number of benzene rings is 2. The fourth-order valence-corrected chi connectivity index (χ4v) is 4.35. The molecule has 0 radical (unpaired) electrons. The van der Waals surface area contributed by atoms with Crippen molar-refractivity contribution in [3.63, 3.8) is 0 Å². The van der Waals surface area contributed by atoms with Crippen molar-refractivity contribution in [2.75, 3.05) is 11.5 Å². The molecule has 1 N–H and O–H groups in total. The van der Waals surface area contributed by atoms with Gasteiger partial charge in [-0.2, -0.15) is 0 Å². The monoisotopic (exact) mass is 503 g/mol. The summed E-state index contributed by atoms with van der Waals surface area (Å²) in [5.41, 5.74) is 1.21. The zero-order valence-corrected chi connectivity index (χ0v) is 18.6. The van der Waals surface area contributed by atoms with E-state index in [0.717, 1.165) is 4.47 Å². The zero-order valence-electron chi connectivity index (χ0n) is 13.8. The molecule has 0 bridgehead atoms. The molecule has 27 heavy (non-hydrogen) atoms. The Morgan fingerprint density at radius 2 is 2.04 bits per heavy atom. The summed E-state index contributed by atoms with van der Waals surface area (Å²) in [6.45, 7) is 2.17. The van der Waals surface area contributed by atoms with E-state index in [9.17, 15) is 9.90 Å². The maximum atomic E-state index is 12.9. The fourth-order valence-electron chi connectivity index (χ4n) is 2.41. The summed E-state index contributed by atoms with van der Waals surface area (Å²) in [7, 11) is 0. The Hall–Kier alpha value is -1.25. The molecule has 1 fully saturated rings.